The third-order valence-corrected chi connectivity index (χ3v) is 6.36. The molecule has 8 nitrogen and oxygen atoms in total. The first-order valence-electron chi connectivity index (χ1n) is 11.9. The van der Waals surface area contributed by atoms with Gasteiger partial charge in [0, 0.05) is 50.9 Å². The second-order valence-electron chi connectivity index (χ2n) is 9.03. The van der Waals surface area contributed by atoms with Crippen molar-refractivity contribution in [3.63, 3.8) is 0 Å². The van der Waals surface area contributed by atoms with Gasteiger partial charge in [-0.25, -0.2) is 9.97 Å². The van der Waals surface area contributed by atoms with Crippen LogP contribution in [0, 0.1) is 0 Å². The number of fused-ring (bicyclic) bond motifs is 1. The van der Waals surface area contributed by atoms with E-state index in [1.54, 1.807) is 11.0 Å². The minimum absolute atomic E-state index is 0.0162. The predicted octanol–water partition coefficient (Wildman–Crippen LogP) is 3.33. The summed E-state index contributed by atoms with van der Waals surface area (Å²) in [7, 11) is 3.98. The molecule has 1 unspecified atom stereocenters. The molecule has 2 N–H and O–H groups in total. The molecule has 0 spiro atoms. The monoisotopic (exact) mass is 472 g/mol. The SMILES string of the molecule is CCCC1C(=O)N(Cc2ccc3c(N)ncnc3c2)CCN1C(=O)/C=C/c1ccc(N(C)C)cc1. The molecule has 0 radical (unpaired) electrons. The highest BCUT2D eigenvalue weighted by molar-refractivity contribution is 5.96. The molecule has 1 fully saturated rings. The number of nitrogens with two attached hydrogens (primary N) is 1. The number of carbonyl (C=O) groups excluding carboxylic acids is 2. The molecule has 2 aromatic carbocycles. The van der Waals surface area contributed by atoms with Gasteiger partial charge < -0.3 is 20.4 Å². The lowest BCUT2D eigenvalue weighted by Crippen LogP contribution is -2.58. The summed E-state index contributed by atoms with van der Waals surface area (Å²) >= 11 is 0. The molecule has 1 saturated heterocycles. The number of hydrogen-bond acceptors (Lipinski definition) is 6. The fourth-order valence-corrected chi connectivity index (χ4v) is 4.40. The summed E-state index contributed by atoms with van der Waals surface area (Å²) in [5.74, 6) is 0.290. The van der Waals surface area contributed by atoms with Crippen LogP contribution in [-0.4, -0.2) is 64.8 Å². The van der Waals surface area contributed by atoms with Crippen LogP contribution in [0.25, 0.3) is 17.0 Å². The van der Waals surface area contributed by atoms with Gasteiger partial charge >= 0.3 is 0 Å². The Hall–Kier alpha value is -3.94. The standard InChI is InChI=1S/C27H32N6O2/c1-4-5-24-27(35)32(17-20-8-12-22-23(16-20)29-18-30-26(22)28)14-15-33(24)25(34)13-9-19-6-10-21(11-7-19)31(2)3/h6-13,16,18,24H,4-5,14-15,17H2,1-3H3,(H2,28,29,30)/b13-9+. The number of aromatic nitrogens is 2. The van der Waals surface area contributed by atoms with Crippen molar-refractivity contribution in [1.29, 1.82) is 0 Å². The Balaban J connectivity index is 1.46. The Morgan fingerprint density at radius 2 is 1.91 bits per heavy atom. The Morgan fingerprint density at radius 1 is 1.14 bits per heavy atom. The summed E-state index contributed by atoms with van der Waals surface area (Å²) in [6.07, 6.45) is 6.27. The van der Waals surface area contributed by atoms with Crippen LogP contribution in [0.15, 0.2) is 54.9 Å². The average molecular weight is 473 g/mol. The van der Waals surface area contributed by atoms with Crippen LogP contribution in [-0.2, 0) is 16.1 Å². The Labute approximate surface area is 206 Å². The number of nitrogens with zero attached hydrogens (tertiary/aromatic N) is 5. The normalized spacial score (nSPS) is 16.3. The van der Waals surface area contributed by atoms with E-state index < -0.39 is 6.04 Å². The molecular formula is C27H32N6O2. The second-order valence-corrected chi connectivity index (χ2v) is 9.03. The first kappa shape index (κ1) is 24.2. The van der Waals surface area contributed by atoms with Gasteiger partial charge in [-0.15, -0.1) is 0 Å². The summed E-state index contributed by atoms with van der Waals surface area (Å²) in [6, 6.07) is 13.3. The van der Waals surface area contributed by atoms with Gasteiger partial charge in [-0.05, 0) is 47.9 Å². The topological polar surface area (TPSA) is 95.7 Å². The first-order valence-corrected chi connectivity index (χ1v) is 11.9. The van der Waals surface area contributed by atoms with Crippen molar-refractivity contribution < 1.29 is 9.59 Å². The fourth-order valence-electron chi connectivity index (χ4n) is 4.40. The van der Waals surface area contributed by atoms with Gasteiger partial charge in [0.1, 0.15) is 18.2 Å². The van der Waals surface area contributed by atoms with E-state index in [-0.39, 0.29) is 11.8 Å². The lowest BCUT2D eigenvalue weighted by molar-refractivity contribution is -0.150. The molecule has 3 aromatic rings. The molecular weight excluding hydrogens is 440 g/mol. The molecule has 0 aliphatic carbocycles. The summed E-state index contributed by atoms with van der Waals surface area (Å²) in [4.78, 5) is 40.3. The Bertz CT molecular complexity index is 1240. The molecule has 0 bridgehead atoms. The van der Waals surface area contributed by atoms with Crippen molar-refractivity contribution in [1.82, 2.24) is 19.8 Å². The van der Waals surface area contributed by atoms with Crippen LogP contribution in [0.1, 0.15) is 30.9 Å². The number of benzene rings is 2. The van der Waals surface area contributed by atoms with E-state index in [1.165, 1.54) is 6.33 Å². The van der Waals surface area contributed by atoms with Gasteiger partial charge in [-0.1, -0.05) is 31.5 Å². The van der Waals surface area contributed by atoms with Crippen LogP contribution >= 0.6 is 0 Å². The highest BCUT2D eigenvalue weighted by Gasteiger charge is 2.36. The van der Waals surface area contributed by atoms with E-state index in [0.717, 1.165) is 34.1 Å². The van der Waals surface area contributed by atoms with E-state index in [4.69, 9.17) is 5.73 Å². The zero-order valence-electron chi connectivity index (χ0n) is 20.5. The van der Waals surface area contributed by atoms with Gasteiger partial charge in [0.2, 0.25) is 11.8 Å². The molecule has 1 aliphatic rings. The van der Waals surface area contributed by atoms with Crippen LogP contribution in [0.3, 0.4) is 0 Å². The Morgan fingerprint density at radius 3 is 2.63 bits per heavy atom. The van der Waals surface area contributed by atoms with Crippen LogP contribution in [0.4, 0.5) is 11.5 Å². The van der Waals surface area contributed by atoms with E-state index in [0.29, 0.717) is 31.9 Å². The minimum atomic E-state index is -0.458. The molecule has 1 atom stereocenters. The highest BCUT2D eigenvalue weighted by atomic mass is 16.2. The molecule has 35 heavy (non-hydrogen) atoms. The molecule has 1 aromatic heterocycles. The lowest BCUT2D eigenvalue weighted by atomic mass is 10.0. The number of carbonyl (C=O) groups is 2. The number of nitrogen functional groups attached to an aromatic ring is 1. The highest BCUT2D eigenvalue weighted by Crippen LogP contribution is 2.22. The van der Waals surface area contributed by atoms with Gasteiger partial charge in [0.25, 0.3) is 0 Å². The molecule has 182 valence electrons. The van der Waals surface area contributed by atoms with E-state index in [1.807, 2.05) is 79.4 Å². The van der Waals surface area contributed by atoms with E-state index in [2.05, 4.69) is 9.97 Å². The smallest absolute Gasteiger partial charge is 0.247 e. The van der Waals surface area contributed by atoms with Crippen molar-refractivity contribution in [2.24, 2.45) is 0 Å². The molecule has 2 heterocycles. The van der Waals surface area contributed by atoms with Crippen molar-refractivity contribution in [3.05, 3.63) is 66.0 Å². The van der Waals surface area contributed by atoms with E-state index >= 15 is 0 Å². The average Bonchev–Trinajstić information content (AvgIpc) is 2.85. The molecule has 1 aliphatic heterocycles. The first-order chi connectivity index (χ1) is 16.9. The third-order valence-electron chi connectivity index (χ3n) is 6.36. The fraction of sp³-hybridized carbons (Fsp3) is 0.333. The third kappa shape index (κ3) is 5.42. The summed E-state index contributed by atoms with van der Waals surface area (Å²) in [5, 5.41) is 0.796. The number of rotatable bonds is 7. The van der Waals surface area contributed by atoms with Crippen molar-refractivity contribution in [2.45, 2.75) is 32.4 Å². The maximum Gasteiger partial charge on any atom is 0.247 e. The minimum Gasteiger partial charge on any atom is -0.383 e. The van der Waals surface area contributed by atoms with E-state index in [9.17, 15) is 9.59 Å². The molecule has 2 amide bonds. The summed E-state index contributed by atoms with van der Waals surface area (Å²) in [6.45, 7) is 3.49. The van der Waals surface area contributed by atoms with Gasteiger partial charge in [0.05, 0.1) is 5.52 Å². The van der Waals surface area contributed by atoms with Crippen molar-refractivity contribution in [3.8, 4) is 0 Å². The molecule has 4 rings (SSSR count). The zero-order chi connectivity index (χ0) is 24.9. The van der Waals surface area contributed by atoms with Crippen LogP contribution in [0.2, 0.25) is 0 Å². The van der Waals surface area contributed by atoms with Gasteiger partial charge in [-0.3, -0.25) is 9.59 Å². The Kier molecular flexibility index (Phi) is 7.29. The van der Waals surface area contributed by atoms with Crippen LogP contribution in [0.5, 0.6) is 0 Å². The number of piperazine rings is 1. The number of hydrogen-bond donors (Lipinski definition) is 1. The second kappa shape index (κ2) is 10.5. The zero-order valence-corrected chi connectivity index (χ0v) is 20.5. The maximum absolute atomic E-state index is 13.4. The summed E-state index contributed by atoms with van der Waals surface area (Å²) in [5.41, 5.74) is 9.70. The van der Waals surface area contributed by atoms with Gasteiger partial charge in [0.15, 0.2) is 0 Å². The van der Waals surface area contributed by atoms with Crippen molar-refractivity contribution in [2.75, 3.05) is 37.8 Å². The molecule has 0 saturated carbocycles. The largest absolute Gasteiger partial charge is 0.383 e. The molecule has 8 heteroatoms. The lowest BCUT2D eigenvalue weighted by Gasteiger charge is -2.40. The quantitative estimate of drug-likeness (QED) is 0.530. The van der Waals surface area contributed by atoms with Crippen molar-refractivity contribution >= 4 is 40.3 Å². The van der Waals surface area contributed by atoms with Gasteiger partial charge in [-0.2, -0.15) is 0 Å². The predicted molar refractivity (Wildman–Crippen MR) is 140 cm³/mol. The summed E-state index contributed by atoms with van der Waals surface area (Å²) < 4.78 is 0. The number of amides is 2. The maximum atomic E-state index is 13.4. The van der Waals surface area contributed by atoms with Crippen LogP contribution < -0.4 is 10.6 Å². The number of anilines is 2.